The van der Waals surface area contributed by atoms with E-state index in [0.717, 1.165) is 63.0 Å². The Balaban J connectivity index is 1.33. The number of rotatable bonds is 5. The van der Waals surface area contributed by atoms with Crippen molar-refractivity contribution in [2.45, 2.75) is 17.9 Å². The molecule has 0 saturated carbocycles. The molecule has 3 heterocycles. The van der Waals surface area contributed by atoms with Crippen molar-refractivity contribution in [1.29, 1.82) is 0 Å². The van der Waals surface area contributed by atoms with E-state index in [1.165, 1.54) is 17.8 Å². The number of benzene rings is 1. The Kier molecular flexibility index (Phi) is 5.95. The fourth-order valence-electron chi connectivity index (χ4n) is 3.66. The van der Waals surface area contributed by atoms with Crippen LogP contribution in [0.25, 0.3) is 0 Å². The summed E-state index contributed by atoms with van der Waals surface area (Å²) in [4.78, 5) is 27.1. The van der Waals surface area contributed by atoms with Crippen LogP contribution in [0.15, 0.2) is 41.7 Å². The van der Waals surface area contributed by atoms with Gasteiger partial charge in [-0.1, -0.05) is 23.9 Å². The maximum atomic E-state index is 14.0. The molecule has 2 aliphatic rings. The molecule has 0 spiro atoms. The number of nitrogens with zero attached hydrogens (tertiary/aromatic N) is 5. The summed E-state index contributed by atoms with van der Waals surface area (Å²) >= 11 is 1.46. The highest BCUT2D eigenvalue weighted by atomic mass is 32.2. The molecule has 0 unspecified atom stereocenters. The molecule has 8 heteroatoms. The molecule has 6 nitrogen and oxygen atoms in total. The summed E-state index contributed by atoms with van der Waals surface area (Å²) in [5.74, 6) is 1.28. The minimum Gasteiger partial charge on any atom is -0.366 e. The van der Waals surface area contributed by atoms with E-state index >= 15 is 0 Å². The molecule has 0 aliphatic carbocycles. The van der Waals surface area contributed by atoms with Gasteiger partial charge in [-0.05, 0) is 25.0 Å². The van der Waals surface area contributed by atoms with Gasteiger partial charge < -0.3 is 14.7 Å². The van der Waals surface area contributed by atoms with Gasteiger partial charge in [-0.2, -0.15) is 0 Å². The maximum absolute atomic E-state index is 14.0. The van der Waals surface area contributed by atoms with Crippen molar-refractivity contribution in [1.82, 2.24) is 14.9 Å². The van der Waals surface area contributed by atoms with E-state index < -0.39 is 0 Å². The van der Waals surface area contributed by atoms with Crippen LogP contribution in [0.2, 0.25) is 0 Å². The van der Waals surface area contributed by atoms with E-state index in [2.05, 4.69) is 19.8 Å². The molecule has 1 aromatic heterocycles. The van der Waals surface area contributed by atoms with Crippen LogP contribution in [0.3, 0.4) is 0 Å². The van der Waals surface area contributed by atoms with Crippen LogP contribution >= 0.6 is 11.8 Å². The summed E-state index contributed by atoms with van der Waals surface area (Å²) in [6.07, 6.45) is 3.76. The van der Waals surface area contributed by atoms with Gasteiger partial charge in [0.05, 0.1) is 11.4 Å². The van der Waals surface area contributed by atoms with Crippen LogP contribution in [0, 0.1) is 5.82 Å². The van der Waals surface area contributed by atoms with Gasteiger partial charge in [-0.25, -0.2) is 14.4 Å². The molecular weight excluding hydrogens is 377 g/mol. The van der Waals surface area contributed by atoms with Crippen LogP contribution in [0.5, 0.6) is 0 Å². The van der Waals surface area contributed by atoms with Gasteiger partial charge in [0.1, 0.15) is 23.0 Å². The molecule has 4 rings (SSSR count). The number of para-hydroxylation sites is 1. The SMILES string of the molecule is O=C(CSc1cc(N2CCN(c3ccccc3F)CC2)ncn1)N1CCCC1. The van der Waals surface area contributed by atoms with Crippen molar-refractivity contribution in [3.8, 4) is 0 Å². The lowest BCUT2D eigenvalue weighted by Gasteiger charge is -2.36. The molecule has 1 amide bonds. The minimum absolute atomic E-state index is 0.181. The third-order valence-corrected chi connectivity index (χ3v) is 6.14. The van der Waals surface area contributed by atoms with Gasteiger partial charge in [0.2, 0.25) is 5.91 Å². The Morgan fingerprint density at radius 2 is 1.71 bits per heavy atom. The van der Waals surface area contributed by atoms with Crippen molar-refractivity contribution in [2.75, 3.05) is 54.8 Å². The zero-order valence-corrected chi connectivity index (χ0v) is 16.6. The zero-order chi connectivity index (χ0) is 19.3. The van der Waals surface area contributed by atoms with Gasteiger partial charge in [-0.3, -0.25) is 4.79 Å². The molecule has 2 saturated heterocycles. The van der Waals surface area contributed by atoms with E-state index in [1.807, 2.05) is 23.1 Å². The molecule has 148 valence electrons. The highest BCUT2D eigenvalue weighted by molar-refractivity contribution is 7.99. The van der Waals surface area contributed by atoms with Crippen LogP contribution in [0.4, 0.5) is 15.9 Å². The number of carbonyl (C=O) groups is 1. The Morgan fingerprint density at radius 1 is 1.00 bits per heavy atom. The predicted molar refractivity (Wildman–Crippen MR) is 109 cm³/mol. The van der Waals surface area contributed by atoms with Crippen molar-refractivity contribution in [2.24, 2.45) is 0 Å². The molecule has 0 N–H and O–H groups in total. The van der Waals surface area contributed by atoms with E-state index in [4.69, 9.17) is 0 Å². The van der Waals surface area contributed by atoms with Gasteiger partial charge in [0.25, 0.3) is 0 Å². The van der Waals surface area contributed by atoms with Crippen LogP contribution < -0.4 is 9.80 Å². The molecular formula is C20H24FN5OS. The smallest absolute Gasteiger partial charge is 0.232 e. The lowest BCUT2D eigenvalue weighted by atomic mass is 10.2. The summed E-state index contributed by atoms with van der Waals surface area (Å²) in [6, 6.07) is 8.84. The molecule has 2 fully saturated rings. The summed E-state index contributed by atoms with van der Waals surface area (Å²) in [6.45, 7) is 4.76. The standard InChI is InChI=1S/C20H24FN5OS/c21-16-5-1-2-6-17(16)24-9-11-25(12-10-24)18-13-19(23-15-22-18)28-14-20(27)26-7-3-4-8-26/h1-2,5-6,13,15H,3-4,7-12,14H2. The molecule has 0 atom stereocenters. The summed E-state index contributed by atoms with van der Waals surface area (Å²) in [5, 5.41) is 0.814. The number of thioether (sulfide) groups is 1. The summed E-state index contributed by atoms with van der Waals surface area (Å²) in [7, 11) is 0. The van der Waals surface area contributed by atoms with E-state index in [9.17, 15) is 9.18 Å². The number of likely N-dealkylation sites (tertiary alicyclic amines) is 1. The van der Waals surface area contributed by atoms with Crippen molar-refractivity contribution in [3.63, 3.8) is 0 Å². The topological polar surface area (TPSA) is 52.6 Å². The van der Waals surface area contributed by atoms with Crippen LogP contribution in [0.1, 0.15) is 12.8 Å². The monoisotopic (exact) mass is 401 g/mol. The third-order valence-electron chi connectivity index (χ3n) is 5.23. The fourth-order valence-corrected chi connectivity index (χ4v) is 4.42. The first kappa shape index (κ1) is 19.0. The van der Waals surface area contributed by atoms with E-state index in [1.54, 1.807) is 12.4 Å². The minimum atomic E-state index is -0.181. The third kappa shape index (κ3) is 4.38. The summed E-state index contributed by atoms with van der Waals surface area (Å²) in [5.41, 5.74) is 0.654. The number of hydrogen-bond donors (Lipinski definition) is 0. The van der Waals surface area contributed by atoms with Crippen molar-refractivity contribution >= 4 is 29.2 Å². The predicted octanol–water partition coefficient (Wildman–Crippen LogP) is 2.66. The normalized spacial score (nSPS) is 17.2. The second kappa shape index (κ2) is 8.77. The Bertz CT molecular complexity index is 822. The summed E-state index contributed by atoms with van der Waals surface area (Å²) < 4.78 is 14.0. The number of aromatic nitrogens is 2. The van der Waals surface area contributed by atoms with Crippen LogP contribution in [-0.4, -0.2) is 65.8 Å². The first-order valence-electron chi connectivity index (χ1n) is 9.68. The first-order valence-corrected chi connectivity index (χ1v) is 10.7. The van der Waals surface area contributed by atoms with Crippen molar-refractivity contribution < 1.29 is 9.18 Å². The highest BCUT2D eigenvalue weighted by Crippen LogP contribution is 2.24. The van der Waals surface area contributed by atoms with E-state index in [0.29, 0.717) is 11.4 Å². The average molecular weight is 402 g/mol. The fraction of sp³-hybridized carbons (Fsp3) is 0.450. The first-order chi connectivity index (χ1) is 13.7. The van der Waals surface area contributed by atoms with E-state index in [-0.39, 0.29) is 11.7 Å². The van der Waals surface area contributed by atoms with Gasteiger partial charge >= 0.3 is 0 Å². The molecule has 2 aliphatic heterocycles. The number of hydrogen-bond acceptors (Lipinski definition) is 6. The quantitative estimate of drug-likeness (QED) is 0.567. The Hall–Kier alpha value is -2.35. The Labute approximate surface area is 168 Å². The van der Waals surface area contributed by atoms with Gasteiger partial charge in [-0.15, -0.1) is 0 Å². The van der Waals surface area contributed by atoms with Gasteiger partial charge in [0, 0.05) is 45.3 Å². The van der Waals surface area contributed by atoms with Gasteiger partial charge in [0.15, 0.2) is 0 Å². The second-order valence-corrected chi connectivity index (χ2v) is 8.01. The number of piperazine rings is 1. The van der Waals surface area contributed by atoms with Crippen molar-refractivity contribution in [3.05, 3.63) is 42.5 Å². The zero-order valence-electron chi connectivity index (χ0n) is 15.8. The molecule has 28 heavy (non-hydrogen) atoms. The second-order valence-electron chi connectivity index (χ2n) is 7.02. The largest absolute Gasteiger partial charge is 0.366 e. The Morgan fingerprint density at radius 3 is 2.46 bits per heavy atom. The number of carbonyl (C=O) groups excluding carboxylic acids is 1. The van der Waals surface area contributed by atoms with Crippen LogP contribution in [-0.2, 0) is 4.79 Å². The maximum Gasteiger partial charge on any atom is 0.232 e. The lowest BCUT2D eigenvalue weighted by Crippen LogP contribution is -2.47. The lowest BCUT2D eigenvalue weighted by molar-refractivity contribution is -0.127. The highest BCUT2D eigenvalue weighted by Gasteiger charge is 2.21. The number of anilines is 2. The average Bonchev–Trinajstić information content (AvgIpc) is 3.28. The molecule has 0 bridgehead atoms. The number of amides is 1. The number of halogens is 1. The molecule has 2 aromatic rings. The molecule has 1 aromatic carbocycles. The molecule has 0 radical (unpaired) electrons.